The van der Waals surface area contributed by atoms with Gasteiger partial charge in [-0.2, -0.15) is 0 Å². The van der Waals surface area contributed by atoms with E-state index in [4.69, 9.17) is 0 Å². The molecule has 24 heavy (non-hydrogen) atoms. The first-order valence-electron chi connectivity index (χ1n) is 10.1. The third-order valence-corrected chi connectivity index (χ3v) is 9.06. The van der Waals surface area contributed by atoms with Crippen molar-refractivity contribution in [1.29, 1.82) is 0 Å². The van der Waals surface area contributed by atoms with Gasteiger partial charge in [0.15, 0.2) is 0 Å². The molecule has 4 fully saturated rings. The predicted octanol–water partition coefficient (Wildman–Crippen LogP) is 3.57. The van der Waals surface area contributed by atoms with E-state index in [1.807, 2.05) is 0 Å². The minimum atomic E-state index is -0.278. The lowest BCUT2D eigenvalue weighted by Gasteiger charge is -2.62. The molecule has 0 radical (unpaired) electrons. The molecular formula is C21H34O3. The molecule has 2 N–H and O–H groups in total. The Balaban J connectivity index is 1.67. The van der Waals surface area contributed by atoms with E-state index in [1.54, 1.807) is 6.92 Å². The molecule has 0 amide bonds. The van der Waals surface area contributed by atoms with E-state index in [-0.39, 0.29) is 29.0 Å². The highest BCUT2D eigenvalue weighted by molar-refractivity contribution is 5.79. The van der Waals surface area contributed by atoms with Crippen LogP contribution in [0.3, 0.4) is 0 Å². The number of aliphatic hydroxyl groups is 2. The summed E-state index contributed by atoms with van der Waals surface area (Å²) in [6, 6.07) is 0. The van der Waals surface area contributed by atoms with Crippen LogP contribution in [-0.4, -0.2) is 28.2 Å². The lowest BCUT2D eigenvalue weighted by atomic mass is 9.44. The van der Waals surface area contributed by atoms with Crippen LogP contribution in [0.1, 0.15) is 72.1 Å². The highest BCUT2D eigenvalue weighted by Gasteiger charge is 2.63. The van der Waals surface area contributed by atoms with E-state index >= 15 is 0 Å². The second kappa shape index (κ2) is 5.54. The fraction of sp³-hybridized carbons (Fsp3) is 0.952. The molecule has 0 spiro atoms. The van der Waals surface area contributed by atoms with Crippen LogP contribution in [0.5, 0.6) is 0 Å². The molecule has 0 aliphatic heterocycles. The quantitative estimate of drug-likeness (QED) is 0.771. The molecule has 9 atom stereocenters. The standard InChI is InChI=1S/C21H34O3/c1-12(22)16-6-7-17-15-5-4-13-10-14(23)8-9-20(13,2)19(15)18(24)11-21(16,17)3/h13-19,23-24H,4-11H2,1-3H3/t13?,14-,15-,16+,17-,18+,19+,20-,21+/m0/s1. The highest BCUT2D eigenvalue weighted by Crippen LogP contribution is 2.67. The summed E-state index contributed by atoms with van der Waals surface area (Å²) in [6.07, 6.45) is 7.80. The van der Waals surface area contributed by atoms with Crippen molar-refractivity contribution in [2.75, 3.05) is 0 Å². The van der Waals surface area contributed by atoms with Crippen molar-refractivity contribution in [2.45, 2.75) is 84.3 Å². The van der Waals surface area contributed by atoms with Gasteiger partial charge in [-0.05, 0) is 92.8 Å². The zero-order valence-corrected chi connectivity index (χ0v) is 15.5. The fourth-order valence-electron chi connectivity index (χ4n) is 8.03. The number of hydrogen-bond donors (Lipinski definition) is 2. The van der Waals surface area contributed by atoms with Crippen LogP contribution >= 0.6 is 0 Å². The summed E-state index contributed by atoms with van der Waals surface area (Å²) >= 11 is 0. The van der Waals surface area contributed by atoms with Crippen molar-refractivity contribution in [3.05, 3.63) is 0 Å². The van der Waals surface area contributed by atoms with Crippen LogP contribution in [0, 0.1) is 40.4 Å². The average molecular weight is 335 g/mol. The van der Waals surface area contributed by atoms with Gasteiger partial charge in [0.2, 0.25) is 0 Å². The maximum absolute atomic E-state index is 12.2. The van der Waals surface area contributed by atoms with E-state index in [1.165, 1.54) is 12.8 Å². The van der Waals surface area contributed by atoms with E-state index in [0.717, 1.165) is 38.5 Å². The molecule has 0 aromatic carbocycles. The second-order valence-electron chi connectivity index (χ2n) is 10.0. The van der Waals surface area contributed by atoms with Gasteiger partial charge in [-0.25, -0.2) is 0 Å². The van der Waals surface area contributed by atoms with Gasteiger partial charge in [0.05, 0.1) is 12.2 Å². The van der Waals surface area contributed by atoms with Crippen LogP contribution < -0.4 is 0 Å². The van der Waals surface area contributed by atoms with Gasteiger partial charge in [0.25, 0.3) is 0 Å². The van der Waals surface area contributed by atoms with Crippen molar-refractivity contribution < 1.29 is 15.0 Å². The minimum Gasteiger partial charge on any atom is -0.393 e. The maximum Gasteiger partial charge on any atom is 0.133 e. The Morgan fingerprint density at radius 2 is 1.75 bits per heavy atom. The number of Topliss-reactive ketones (excluding diaryl/α,β-unsaturated/α-hetero) is 1. The molecule has 0 aromatic rings. The van der Waals surface area contributed by atoms with Crippen molar-refractivity contribution in [2.24, 2.45) is 40.4 Å². The van der Waals surface area contributed by atoms with E-state index in [9.17, 15) is 15.0 Å². The smallest absolute Gasteiger partial charge is 0.133 e. The monoisotopic (exact) mass is 334 g/mol. The Bertz CT molecular complexity index is 531. The molecule has 0 aromatic heterocycles. The highest BCUT2D eigenvalue weighted by atomic mass is 16.3. The second-order valence-corrected chi connectivity index (χ2v) is 10.0. The summed E-state index contributed by atoms with van der Waals surface area (Å²) in [7, 11) is 0. The molecule has 136 valence electrons. The topological polar surface area (TPSA) is 57.5 Å². The molecule has 4 rings (SSSR count). The van der Waals surface area contributed by atoms with Crippen molar-refractivity contribution in [3.8, 4) is 0 Å². The molecule has 4 aliphatic carbocycles. The summed E-state index contributed by atoms with van der Waals surface area (Å²) in [5.74, 6) is 2.58. The van der Waals surface area contributed by atoms with Gasteiger partial charge in [-0.3, -0.25) is 4.79 Å². The van der Waals surface area contributed by atoms with Gasteiger partial charge in [-0.15, -0.1) is 0 Å². The predicted molar refractivity (Wildman–Crippen MR) is 93.3 cm³/mol. The molecule has 3 nitrogen and oxygen atoms in total. The summed E-state index contributed by atoms with van der Waals surface area (Å²) in [5, 5.41) is 21.3. The zero-order chi connectivity index (χ0) is 17.3. The van der Waals surface area contributed by atoms with Crippen molar-refractivity contribution >= 4 is 5.78 Å². The van der Waals surface area contributed by atoms with Crippen molar-refractivity contribution in [3.63, 3.8) is 0 Å². The molecule has 0 heterocycles. The molecule has 0 bridgehead atoms. The van der Waals surface area contributed by atoms with Crippen LogP contribution in [0.25, 0.3) is 0 Å². The van der Waals surface area contributed by atoms with Gasteiger partial charge >= 0.3 is 0 Å². The average Bonchev–Trinajstić information content (AvgIpc) is 2.84. The lowest BCUT2D eigenvalue weighted by Crippen LogP contribution is -2.59. The fourth-order valence-corrected chi connectivity index (χ4v) is 8.03. The summed E-state index contributed by atoms with van der Waals surface area (Å²) in [5.41, 5.74) is 0.182. The zero-order valence-electron chi connectivity index (χ0n) is 15.5. The first-order valence-corrected chi connectivity index (χ1v) is 10.1. The Kier molecular flexibility index (Phi) is 3.93. The van der Waals surface area contributed by atoms with Gasteiger partial charge in [0, 0.05) is 5.92 Å². The van der Waals surface area contributed by atoms with Crippen LogP contribution in [0.15, 0.2) is 0 Å². The number of aliphatic hydroxyl groups excluding tert-OH is 2. The lowest BCUT2D eigenvalue weighted by molar-refractivity contribution is -0.178. The molecule has 4 saturated carbocycles. The maximum atomic E-state index is 12.2. The molecular weight excluding hydrogens is 300 g/mol. The van der Waals surface area contributed by atoms with Crippen LogP contribution in [0.2, 0.25) is 0 Å². The number of fused-ring (bicyclic) bond motifs is 5. The van der Waals surface area contributed by atoms with E-state index in [0.29, 0.717) is 29.5 Å². The summed E-state index contributed by atoms with van der Waals surface area (Å²) in [4.78, 5) is 12.2. The number of rotatable bonds is 1. The van der Waals surface area contributed by atoms with Gasteiger partial charge in [-0.1, -0.05) is 13.8 Å². The molecule has 1 unspecified atom stereocenters. The molecule has 3 heteroatoms. The number of carbonyl (C=O) groups is 1. The Labute approximate surface area is 146 Å². The SMILES string of the molecule is CC(=O)[C@H]1CC[C@H]2[C@@H]3CCC4C[C@@H](O)CC[C@]4(C)[C@H]3[C@H](O)C[C@]12C. The van der Waals surface area contributed by atoms with Gasteiger partial charge in [0.1, 0.15) is 5.78 Å². The first kappa shape index (κ1) is 17.0. The van der Waals surface area contributed by atoms with Gasteiger partial charge < -0.3 is 10.2 Å². The van der Waals surface area contributed by atoms with E-state index < -0.39 is 0 Å². The molecule has 4 aliphatic rings. The number of ketones is 1. The van der Waals surface area contributed by atoms with Crippen LogP contribution in [0.4, 0.5) is 0 Å². The Morgan fingerprint density at radius 1 is 1.00 bits per heavy atom. The normalized spacial score (nSPS) is 57.0. The summed E-state index contributed by atoms with van der Waals surface area (Å²) in [6.45, 7) is 6.43. The third-order valence-electron chi connectivity index (χ3n) is 9.06. The van der Waals surface area contributed by atoms with Crippen molar-refractivity contribution in [1.82, 2.24) is 0 Å². The van der Waals surface area contributed by atoms with Crippen LogP contribution in [-0.2, 0) is 4.79 Å². The summed E-state index contributed by atoms with van der Waals surface area (Å²) < 4.78 is 0. The number of carbonyl (C=O) groups excluding carboxylic acids is 1. The number of hydrogen-bond acceptors (Lipinski definition) is 3. The minimum absolute atomic E-state index is 0.00376. The Morgan fingerprint density at radius 3 is 2.46 bits per heavy atom. The third kappa shape index (κ3) is 2.19. The molecule has 0 saturated heterocycles. The largest absolute Gasteiger partial charge is 0.393 e. The first-order chi connectivity index (χ1) is 11.3. The van der Waals surface area contributed by atoms with E-state index in [2.05, 4.69) is 13.8 Å². The Hall–Kier alpha value is -0.410.